The van der Waals surface area contributed by atoms with Crippen molar-refractivity contribution in [3.8, 4) is 0 Å². The molecule has 0 spiro atoms. The third-order valence-electron chi connectivity index (χ3n) is 4.56. The number of amides is 2. The predicted octanol–water partition coefficient (Wildman–Crippen LogP) is 2.88. The van der Waals surface area contributed by atoms with E-state index in [2.05, 4.69) is 15.6 Å². The molecular weight excluding hydrogens is 298 g/mol. The number of hydrogen-bond acceptors (Lipinski definition) is 4. The van der Waals surface area contributed by atoms with Crippen molar-refractivity contribution in [1.29, 1.82) is 0 Å². The second-order valence-electron chi connectivity index (χ2n) is 6.30. The van der Waals surface area contributed by atoms with Crippen LogP contribution in [0.4, 0.5) is 0 Å². The van der Waals surface area contributed by atoms with Crippen LogP contribution in [-0.4, -0.2) is 28.9 Å². The summed E-state index contributed by atoms with van der Waals surface area (Å²) >= 11 is 1.25. The second kappa shape index (κ2) is 7.22. The normalized spacial score (nSPS) is 20.0. The molecule has 0 atom stereocenters. The van der Waals surface area contributed by atoms with Gasteiger partial charge >= 0.3 is 0 Å². The Hall–Kier alpha value is -1.43. The molecule has 2 aliphatic rings. The summed E-state index contributed by atoms with van der Waals surface area (Å²) in [4.78, 5) is 28.5. The van der Waals surface area contributed by atoms with E-state index in [1.54, 1.807) is 5.38 Å². The average Bonchev–Trinajstić information content (AvgIpc) is 3.19. The maximum atomic E-state index is 12.2. The molecule has 1 heterocycles. The smallest absolute Gasteiger partial charge is 0.280 e. The van der Waals surface area contributed by atoms with E-state index in [-0.39, 0.29) is 23.9 Å². The van der Waals surface area contributed by atoms with E-state index >= 15 is 0 Å². The summed E-state index contributed by atoms with van der Waals surface area (Å²) in [5, 5.41) is 8.11. The van der Waals surface area contributed by atoms with Crippen molar-refractivity contribution in [1.82, 2.24) is 15.6 Å². The van der Waals surface area contributed by atoms with Crippen molar-refractivity contribution < 1.29 is 9.59 Å². The second-order valence-corrected chi connectivity index (χ2v) is 7.16. The van der Waals surface area contributed by atoms with E-state index in [9.17, 15) is 9.59 Å². The highest BCUT2D eigenvalue weighted by Crippen LogP contribution is 2.20. The van der Waals surface area contributed by atoms with E-state index in [0.29, 0.717) is 10.7 Å². The summed E-state index contributed by atoms with van der Waals surface area (Å²) in [5.41, 5.74) is 0.368. The van der Waals surface area contributed by atoms with Crippen LogP contribution in [0.3, 0.4) is 0 Å². The molecule has 5 nitrogen and oxygen atoms in total. The lowest BCUT2D eigenvalue weighted by atomic mass is 9.95. The molecular formula is C16H23N3O2S. The highest BCUT2D eigenvalue weighted by molar-refractivity contribution is 7.11. The molecule has 2 N–H and O–H groups in total. The molecule has 2 amide bonds. The minimum Gasteiger partial charge on any atom is -0.348 e. The van der Waals surface area contributed by atoms with E-state index in [1.807, 2.05) is 0 Å². The lowest BCUT2D eigenvalue weighted by Crippen LogP contribution is -2.36. The van der Waals surface area contributed by atoms with Gasteiger partial charge < -0.3 is 10.6 Å². The Morgan fingerprint density at radius 2 is 1.45 bits per heavy atom. The van der Waals surface area contributed by atoms with Crippen LogP contribution >= 0.6 is 11.3 Å². The first-order valence-corrected chi connectivity index (χ1v) is 9.17. The molecule has 2 aliphatic carbocycles. The van der Waals surface area contributed by atoms with Crippen molar-refractivity contribution >= 4 is 23.2 Å². The summed E-state index contributed by atoms with van der Waals surface area (Å²) in [5.74, 6) is -0.295. The van der Waals surface area contributed by atoms with Gasteiger partial charge in [0.25, 0.3) is 11.8 Å². The molecule has 3 rings (SSSR count). The Balaban J connectivity index is 1.55. The van der Waals surface area contributed by atoms with Gasteiger partial charge in [0.2, 0.25) is 0 Å². The molecule has 0 bridgehead atoms. The zero-order valence-corrected chi connectivity index (χ0v) is 13.6. The molecule has 22 heavy (non-hydrogen) atoms. The van der Waals surface area contributed by atoms with E-state index in [1.165, 1.54) is 43.4 Å². The lowest BCUT2D eigenvalue weighted by Gasteiger charge is -2.22. The zero-order chi connectivity index (χ0) is 15.4. The number of hydrogen-bond donors (Lipinski definition) is 2. The van der Waals surface area contributed by atoms with E-state index in [0.717, 1.165) is 25.7 Å². The summed E-state index contributed by atoms with van der Waals surface area (Å²) in [6.45, 7) is 0. The van der Waals surface area contributed by atoms with Crippen LogP contribution in [0.5, 0.6) is 0 Å². The van der Waals surface area contributed by atoms with Gasteiger partial charge in [-0.15, -0.1) is 11.3 Å². The number of rotatable bonds is 4. The first-order valence-electron chi connectivity index (χ1n) is 8.29. The van der Waals surface area contributed by atoms with Crippen molar-refractivity contribution in [3.63, 3.8) is 0 Å². The molecule has 120 valence electrons. The van der Waals surface area contributed by atoms with Gasteiger partial charge in [0.05, 0.1) is 0 Å². The summed E-state index contributed by atoms with van der Waals surface area (Å²) < 4.78 is 0. The van der Waals surface area contributed by atoms with Gasteiger partial charge in [0, 0.05) is 17.5 Å². The first-order chi connectivity index (χ1) is 10.7. The minimum atomic E-state index is -0.150. The van der Waals surface area contributed by atoms with Gasteiger partial charge in [-0.3, -0.25) is 9.59 Å². The van der Waals surface area contributed by atoms with Gasteiger partial charge in [-0.25, -0.2) is 4.98 Å². The predicted molar refractivity (Wildman–Crippen MR) is 86.2 cm³/mol. The van der Waals surface area contributed by atoms with E-state index < -0.39 is 0 Å². The summed E-state index contributed by atoms with van der Waals surface area (Å²) in [7, 11) is 0. The molecule has 0 aliphatic heterocycles. The van der Waals surface area contributed by atoms with Crippen molar-refractivity contribution in [3.05, 3.63) is 16.1 Å². The van der Waals surface area contributed by atoms with Crippen LogP contribution < -0.4 is 10.6 Å². The molecule has 2 fully saturated rings. The van der Waals surface area contributed by atoms with Crippen molar-refractivity contribution in [2.75, 3.05) is 0 Å². The van der Waals surface area contributed by atoms with Crippen LogP contribution in [0, 0.1) is 0 Å². The summed E-state index contributed by atoms with van der Waals surface area (Å²) in [6, 6.07) is 0.537. The SMILES string of the molecule is O=C(NC1CCCCC1)c1csc(C(=O)NC2CCCC2)n1. The molecule has 0 aromatic carbocycles. The largest absolute Gasteiger partial charge is 0.348 e. The molecule has 0 unspecified atom stereocenters. The standard InChI is InChI=1S/C16H23N3O2S/c20-14(17-11-6-2-1-3-7-11)13-10-22-16(19-13)15(21)18-12-8-4-5-9-12/h10-12H,1-9H2,(H,17,20)(H,18,21). The molecule has 6 heteroatoms. The third-order valence-corrected chi connectivity index (χ3v) is 5.40. The molecule has 2 saturated carbocycles. The monoisotopic (exact) mass is 321 g/mol. The molecule has 0 radical (unpaired) electrons. The third kappa shape index (κ3) is 3.85. The van der Waals surface area contributed by atoms with Gasteiger partial charge in [-0.05, 0) is 25.7 Å². The first kappa shape index (κ1) is 15.5. The molecule has 1 aromatic rings. The Kier molecular flexibility index (Phi) is 5.08. The number of nitrogens with one attached hydrogen (secondary N) is 2. The average molecular weight is 321 g/mol. The zero-order valence-electron chi connectivity index (χ0n) is 12.8. The van der Waals surface area contributed by atoms with Crippen LogP contribution in [0.2, 0.25) is 0 Å². The van der Waals surface area contributed by atoms with Crippen LogP contribution in [0.15, 0.2) is 5.38 Å². The Morgan fingerprint density at radius 1 is 0.909 bits per heavy atom. The van der Waals surface area contributed by atoms with Gasteiger partial charge in [-0.2, -0.15) is 0 Å². The fourth-order valence-corrected chi connectivity index (χ4v) is 4.01. The Morgan fingerprint density at radius 3 is 2.09 bits per heavy atom. The van der Waals surface area contributed by atoms with Gasteiger partial charge in [0.1, 0.15) is 5.69 Å². The maximum Gasteiger partial charge on any atom is 0.280 e. The van der Waals surface area contributed by atoms with Gasteiger partial charge in [-0.1, -0.05) is 32.1 Å². The minimum absolute atomic E-state index is 0.145. The van der Waals surface area contributed by atoms with Crippen LogP contribution in [0.25, 0.3) is 0 Å². The Labute approximate surface area is 134 Å². The quantitative estimate of drug-likeness (QED) is 0.896. The highest BCUT2D eigenvalue weighted by Gasteiger charge is 2.22. The molecule has 0 saturated heterocycles. The number of aromatic nitrogens is 1. The fraction of sp³-hybridized carbons (Fsp3) is 0.688. The van der Waals surface area contributed by atoms with Gasteiger partial charge in [0.15, 0.2) is 5.01 Å². The topological polar surface area (TPSA) is 71.1 Å². The summed E-state index contributed by atoms with van der Waals surface area (Å²) in [6.07, 6.45) is 10.2. The number of carbonyl (C=O) groups excluding carboxylic acids is 2. The number of carbonyl (C=O) groups is 2. The van der Waals surface area contributed by atoms with Crippen LogP contribution in [-0.2, 0) is 0 Å². The molecule has 1 aromatic heterocycles. The van der Waals surface area contributed by atoms with Crippen molar-refractivity contribution in [2.24, 2.45) is 0 Å². The van der Waals surface area contributed by atoms with E-state index in [4.69, 9.17) is 0 Å². The van der Waals surface area contributed by atoms with Crippen molar-refractivity contribution in [2.45, 2.75) is 69.9 Å². The number of thiazole rings is 1. The van der Waals surface area contributed by atoms with Crippen LogP contribution in [0.1, 0.15) is 78.1 Å². The maximum absolute atomic E-state index is 12.2. The number of nitrogens with zero attached hydrogens (tertiary/aromatic N) is 1. The highest BCUT2D eigenvalue weighted by atomic mass is 32.1. The Bertz CT molecular complexity index is 531. The lowest BCUT2D eigenvalue weighted by molar-refractivity contribution is 0.0923. The fourth-order valence-electron chi connectivity index (χ4n) is 3.31.